The molecule has 0 aliphatic heterocycles. The maximum absolute atomic E-state index is 12.4. The Morgan fingerprint density at radius 1 is 1.12 bits per heavy atom. The number of hydrogen-bond donors (Lipinski definition) is 3. The molecule has 0 saturated heterocycles. The van der Waals surface area contributed by atoms with Gasteiger partial charge in [0.25, 0.3) is 11.5 Å². The highest BCUT2D eigenvalue weighted by Gasteiger charge is 2.12. The first-order valence-electron chi connectivity index (χ1n) is 8.01. The number of aromatic hydroxyl groups is 1. The molecule has 0 bridgehead atoms. The molecular formula is C19H17N3O4. The summed E-state index contributed by atoms with van der Waals surface area (Å²) in [5.74, 6) is 0.717. The van der Waals surface area contributed by atoms with Crippen LogP contribution in [0.3, 0.4) is 0 Å². The molecule has 0 fully saturated rings. The molecule has 1 aromatic heterocycles. The van der Waals surface area contributed by atoms with Crippen molar-refractivity contribution in [2.45, 2.75) is 6.42 Å². The second kappa shape index (κ2) is 7.98. The lowest BCUT2D eigenvalue weighted by molar-refractivity contribution is 0.0951. The van der Waals surface area contributed by atoms with Gasteiger partial charge in [-0.3, -0.25) is 9.59 Å². The first-order chi connectivity index (χ1) is 12.6. The molecular weight excluding hydrogens is 334 g/mol. The molecule has 3 rings (SSSR count). The van der Waals surface area contributed by atoms with Gasteiger partial charge in [0.1, 0.15) is 17.3 Å². The largest absolute Gasteiger partial charge is 0.493 e. The molecule has 0 spiro atoms. The second-order valence-corrected chi connectivity index (χ2v) is 5.47. The van der Waals surface area contributed by atoms with Gasteiger partial charge in [0, 0.05) is 13.0 Å². The Morgan fingerprint density at radius 2 is 1.85 bits per heavy atom. The van der Waals surface area contributed by atoms with Crippen LogP contribution in [0.4, 0.5) is 0 Å². The van der Waals surface area contributed by atoms with Crippen molar-refractivity contribution in [1.29, 1.82) is 0 Å². The van der Waals surface area contributed by atoms with Gasteiger partial charge in [0.15, 0.2) is 0 Å². The Balaban J connectivity index is 1.65. The number of para-hydroxylation sites is 2. The van der Waals surface area contributed by atoms with Crippen molar-refractivity contribution in [3.05, 3.63) is 82.4 Å². The average Bonchev–Trinajstić information content (AvgIpc) is 2.62. The van der Waals surface area contributed by atoms with Crippen molar-refractivity contribution in [1.82, 2.24) is 15.3 Å². The maximum Gasteiger partial charge on any atom is 0.255 e. The van der Waals surface area contributed by atoms with E-state index in [1.807, 2.05) is 18.2 Å². The number of carbonyl (C=O) groups is 1. The van der Waals surface area contributed by atoms with E-state index in [0.29, 0.717) is 22.9 Å². The molecule has 1 heterocycles. The Labute approximate surface area is 149 Å². The molecule has 132 valence electrons. The molecule has 0 radical (unpaired) electrons. The lowest BCUT2D eigenvalue weighted by Gasteiger charge is -2.11. The number of carbonyl (C=O) groups excluding carboxylic acids is 1. The van der Waals surface area contributed by atoms with E-state index in [9.17, 15) is 14.7 Å². The van der Waals surface area contributed by atoms with Crippen LogP contribution in [0, 0.1) is 0 Å². The molecule has 0 saturated carbocycles. The second-order valence-electron chi connectivity index (χ2n) is 5.47. The Morgan fingerprint density at radius 3 is 2.62 bits per heavy atom. The summed E-state index contributed by atoms with van der Waals surface area (Å²) in [6, 6.07) is 17.1. The van der Waals surface area contributed by atoms with E-state index >= 15 is 0 Å². The minimum absolute atomic E-state index is 0.241. The number of benzene rings is 2. The summed E-state index contributed by atoms with van der Waals surface area (Å²) in [6.07, 6.45) is 0.275. The lowest BCUT2D eigenvalue weighted by Crippen LogP contribution is -2.27. The Kier molecular flexibility index (Phi) is 5.28. The number of nitrogens with one attached hydrogen (secondary N) is 2. The van der Waals surface area contributed by atoms with Crippen molar-refractivity contribution in [2.75, 3.05) is 6.54 Å². The third-order valence-corrected chi connectivity index (χ3v) is 3.53. The molecule has 0 atom stereocenters. The molecule has 3 aromatic rings. The van der Waals surface area contributed by atoms with Crippen molar-refractivity contribution >= 4 is 5.91 Å². The van der Waals surface area contributed by atoms with Gasteiger partial charge in [-0.15, -0.1) is 0 Å². The fourth-order valence-corrected chi connectivity index (χ4v) is 2.36. The lowest BCUT2D eigenvalue weighted by atomic mass is 10.2. The zero-order chi connectivity index (χ0) is 18.4. The van der Waals surface area contributed by atoms with E-state index in [1.165, 1.54) is 0 Å². The molecule has 26 heavy (non-hydrogen) atoms. The van der Waals surface area contributed by atoms with Crippen LogP contribution in [0.25, 0.3) is 0 Å². The highest BCUT2D eigenvalue weighted by molar-refractivity contribution is 5.97. The molecule has 3 N–H and O–H groups in total. The molecule has 0 unspecified atom stereocenters. The number of H-pyrrole nitrogens is 1. The fourth-order valence-electron chi connectivity index (χ4n) is 2.36. The zero-order valence-electron chi connectivity index (χ0n) is 13.8. The summed E-state index contributed by atoms with van der Waals surface area (Å²) in [4.78, 5) is 30.0. The summed E-state index contributed by atoms with van der Waals surface area (Å²) < 4.78 is 5.77. The zero-order valence-corrected chi connectivity index (χ0v) is 13.8. The van der Waals surface area contributed by atoms with Crippen LogP contribution >= 0.6 is 0 Å². The van der Waals surface area contributed by atoms with Crippen LogP contribution in [-0.4, -0.2) is 27.5 Å². The van der Waals surface area contributed by atoms with Crippen molar-refractivity contribution < 1.29 is 14.6 Å². The summed E-state index contributed by atoms with van der Waals surface area (Å²) in [7, 11) is 0. The van der Waals surface area contributed by atoms with Crippen molar-refractivity contribution in [3.8, 4) is 17.4 Å². The fraction of sp³-hybridized carbons (Fsp3) is 0.105. The van der Waals surface area contributed by atoms with E-state index in [2.05, 4.69) is 15.3 Å². The van der Waals surface area contributed by atoms with E-state index in [-0.39, 0.29) is 24.8 Å². The van der Waals surface area contributed by atoms with Crippen LogP contribution in [0.2, 0.25) is 0 Å². The van der Waals surface area contributed by atoms with E-state index in [0.717, 1.165) is 6.07 Å². The summed E-state index contributed by atoms with van der Waals surface area (Å²) in [5, 5.41) is 12.1. The third kappa shape index (κ3) is 4.47. The van der Waals surface area contributed by atoms with Crippen LogP contribution in [0.1, 0.15) is 16.2 Å². The van der Waals surface area contributed by atoms with Gasteiger partial charge >= 0.3 is 0 Å². The topological polar surface area (TPSA) is 104 Å². The Bertz CT molecular complexity index is 954. The maximum atomic E-state index is 12.4. The van der Waals surface area contributed by atoms with Crippen LogP contribution in [-0.2, 0) is 6.42 Å². The van der Waals surface area contributed by atoms with E-state index < -0.39 is 5.56 Å². The number of nitrogens with zero attached hydrogens (tertiary/aromatic N) is 1. The first-order valence-corrected chi connectivity index (χ1v) is 8.01. The number of aromatic nitrogens is 2. The average molecular weight is 351 g/mol. The molecule has 7 nitrogen and oxygen atoms in total. The monoisotopic (exact) mass is 351 g/mol. The van der Waals surface area contributed by atoms with Gasteiger partial charge in [0.2, 0.25) is 5.88 Å². The highest BCUT2D eigenvalue weighted by atomic mass is 16.5. The van der Waals surface area contributed by atoms with Gasteiger partial charge in [-0.25, -0.2) is 4.98 Å². The predicted octanol–water partition coefficient (Wildman–Crippen LogP) is 2.24. The van der Waals surface area contributed by atoms with Crippen LogP contribution in [0.5, 0.6) is 17.4 Å². The van der Waals surface area contributed by atoms with Gasteiger partial charge in [-0.1, -0.05) is 30.3 Å². The minimum Gasteiger partial charge on any atom is -0.493 e. The number of amides is 1. The van der Waals surface area contributed by atoms with E-state index in [1.54, 1.807) is 36.4 Å². The van der Waals surface area contributed by atoms with Crippen LogP contribution in [0.15, 0.2) is 65.5 Å². The summed E-state index contributed by atoms with van der Waals surface area (Å²) >= 11 is 0. The minimum atomic E-state index is -0.444. The van der Waals surface area contributed by atoms with Gasteiger partial charge in [-0.2, -0.15) is 0 Å². The molecule has 7 heteroatoms. The number of ether oxygens (including phenoxy) is 1. The van der Waals surface area contributed by atoms with Gasteiger partial charge < -0.3 is 20.1 Å². The van der Waals surface area contributed by atoms with Gasteiger partial charge in [0.05, 0.1) is 11.6 Å². The first kappa shape index (κ1) is 17.2. The molecule has 0 aliphatic rings. The predicted molar refractivity (Wildman–Crippen MR) is 95.5 cm³/mol. The normalized spacial score (nSPS) is 10.3. The van der Waals surface area contributed by atoms with E-state index in [4.69, 9.17) is 4.74 Å². The van der Waals surface area contributed by atoms with Crippen molar-refractivity contribution in [2.24, 2.45) is 0 Å². The standard InChI is InChI=1S/C19H17N3O4/c23-17-12-18(24)22-16(21-17)10-11-20-19(25)14-8-4-5-9-15(14)26-13-6-2-1-3-7-13/h1-9,12H,10-11H2,(H,20,25)(H2,21,22,23,24). The number of aromatic amines is 1. The molecule has 1 amide bonds. The number of rotatable bonds is 6. The summed E-state index contributed by atoms with van der Waals surface area (Å²) in [5.41, 5.74) is -0.0471. The highest BCUT2D eigenvalue weighted by Crippen LogP contribution is 2.24. The molecule has 0 aliphatic carbocycles. The van der Waals surface area contributed by atoms with Crippen LogP contribution < -0.4 is 15.6 Å². The van der Waals surface area contributed by atoms with Gasteiger partial charge in [-0.05, 0) is 24.3 Å². The summed E-state index contributed by atoms with van der Waals surface area (Å²) in [6.45, 7) is 0.241. The quantitative estimate of drug-likeness (QED) is 0.632. The smallest absolute Gasteiger partial charge is 0.255 e. The SMILES string of the molecule is O=C(NCCc1nc(O)cc(=O)[nH]1)c1ccccc1Oc1ccccc1. The third-order valence-electron chi connectivity index (χ3n) is 3.53. The Hall–Kier alpha value is -3.61. The van der Waals surface area contributed by atoms with Crippen molar-refractivity contribution in [3.63, 3.8) is 0 Å². The molecule has 2 aromatic carbocycles. The number of hydrogen-bond acceptors (Lipinski definition) is 5.